The summed E-state index contributed by atoms with van der Waals surface area (Å²) in [5, 5.41) is 3.64. The fourth-order valence-electron chi connectivity index (χ4n) is 3.19. The van der Waals surface area contributed by atoms with Crippen molar-refractivity contribution in [2.75, 3.05) is 0 Å². The summed E-state index contributed by atoms with van der Waals surface area (Å²) in [7, 11) is 0. The van der Waals surface area contributed by atoms with E-state index >= 15 is 0 Å². The van der Waals surface area contributed by atoms with Crippen molar-refractivity contribution < 1.29 is 4.74 Å². The van der Waals surface area contributed by atoms with Gasteiger partial charge in [0.1, 0.15) is 12.4 Å². The van der Waals surface area contributed by atoms with E-state index in [-0.39, 0.29) is 6.04 Å². The molecular formula is C25H23N3O. The molecule has 0 aliphatic rings. The molecule has 0 saturated heterocycles. The Bertz CT molecular complexity index is 968. The van der Waals surface area contributed by atoms with Crippen LogP contribution in [0, 0.1) is 0 Å². The average Bonchev–Trinajstić information content (AvgIpc) is 2.80. The summed E-state index contributed by atoms with van der Waals surface area (Å²) in [6.07, 6.45) is 3.61. The highest BCUT2D eigenvalue weighted by Crippen LogP contribution is 2.21. The van der Waals surface area contributed by atoms with Crippen LogP contribution in [0.3, 0.4) is 0 Å². The van der Waals surface area contributed by atoms with Gasteiger partial charge in [-0.3, -0.25) is 9.97 Å². The highest BCUT2D eigenvalue weighted by molar-refractivity contribution is 5.31. The number of nitrogens with one attached hydrogen (secondary N) is 1. The van der Waals surface area contributed by atoms with Gasteiger partial charge in [0.05, 0.1) is 17.4 Å². The average molecular weight is 381 g/mol. The van der Waals surface area contributed by atoms with Crippen LogP contribution in [0.1, 0.15) is 28.6 Å². The maximum Gasteiger partial charge on any atom is 0.130 e. The first-order valence-electron chi connectivity index (χ1n) is 9.69. The smallest absolute Gasteiger partial charge is 0.130 e. The zero-order chi connectivity index (χ0) is 19.7. The van der Waals surface area contributed by atoms with Gasteiger partial charge in [0, 0.05) is 18.9 Å². The second-order valence-corrected chi connectivity index (χ2v) is 6.74. The Morgan fingerprint density at radius 1 is 0.759 bits per heavy atom. The Balaban J connectivity index is 1.45. The molecule has 144 valence electrons. The molecule has 0 amide bonds. The summed E-state index contributed by atoms with van der Waals surface area (Å²) < 4.78 is 5.91. The van der Waals surface area contributed by atoms with Crippen molar-refractivity contribution in [2.45, 2.75) is 19.2 Å². The van der Waals surface area contributed by atoms with Crippen molar-refractivity contribution in [1.82, 2.24) is 15.3 Å². The van der Waals surface area contributed by atoms with Crippen LogP contribution in [-0.2, 0) is 13.2 Å². The topological polar surface area (TPSA) is 47.0 Å². The minimum Gasteiger partial charge on any atom is -0.487 e. The maximum absolute atomic E-state index is 5.91. The first kappa shape index (κ1) is 18.8. The largest absolute Gasteiger partial charge is 0.487 e. The van der Waals surface area contributed by atoms with E-state index in [0.29, 0.717) is 13.2 Å². The Labute approximate surface area is 171 Å². The third-order valence-corrected chi connectivity index (χ3v) is 4.64. The van der Waals surface area contributed by atoms with E-state index in [1.165, 1.54) is 5.56 Å². The highest BCUT2D eigenvalue weighted by Gasteiger charge is 2.14. The molecule has 4 heteroatoms. The van der Waals surface area contributed by atoms with Crippen LogP contribution in [-0.4, -0.2) is 9.97 Å². The van der Waals surface area contributed by atoms with Crippen molar-refractivity contribution in [3.05, 3.63) is 126 Å². The van der Waals surface area contributed by atoms with Crippen LogP contribution in [0.5, 0.6) is 5.75 Å². The molecule has 4 rings (SSSR count). The third kappa shape index (κ3) is 5.27. The molecule has 0 aliphatic carbocycles. The lowest BCUT2D eigenvalue weighted by molar-refractivity contribution is 0.301. The van der Waals surface area contributed by atoms with Gasteiger partial charge in [-0.1, -0.05) is 54.6 Å². The van der Waals surface area contributed by atoms with Gasteiger partial charge in [-0.05, 0) is 47.5 Å². The molecule has 0 fully saturated rings. The number of pyridine rings is 2. The van der Waals surface area contributed by atoms with Crippen molar-refractivity contribution in [1.29, 1.82) is 0 Å². The van der Waals surface area contributed by atoms with Crippen molar-refractivity contribution in [3.8, 4) is 5.75 Å². The lowest BCUT2D eigenvalue weighted by Crippen LogP contribution is -2.22. The summed E-state index contributed by atoms with van der Waals surface area (Å²) in [5.74, 6) is 0.837. The molecule has 0 unspecified atom stereocenters. The monoisotopic (exact) mass is 381 g/mol. The summed E-state index contributed by atoms with van der Waals surface area (Å²) in [4.78, 5) is 8.85. The number of ether oxygens (including phenoxy) is 1. The van der Waals surface area contributed by atoms with Gasteiger partial charge in [0.2, 0.25) is 0 Å². The molecule has 0 bridgehead atoms. The van der Waals surface area contributed by atoms with Gasteiger partial charge in [-0.2, -0.15) is 0 Å². The molecule has 0 radical (unpaired) electrons. The van der Waals surface area contributed by atoms with E-state index in [1.54, 1.807) is 6.20 Å². The van der Waals surface area contributed by atoms with Crippen LogP contribution < -0.4 is 10.1 Å². The first-order chi connectivity index (χ1) is 14.4. The van der Waals surface area contributed by atoms with Crippen molar-refractivity contribution >= 4 is 0 Å². The van der Waals surface area contributed by atoms with Crippen LogP contribution >= 0.6 is 0 Å². The standard InChI is InChI=1S/C25H23N3O/c1-2-10-21(11-3-1)25(24-14-5-7-16-27-24)28-18-20-9-8-13-23(17-20)29-19-22-12-4-6-15-26-22/h1-17,25,28H,18-19H2/t25-/m1/s1. The molecule has 1 N–H and O–H groups in total. The van der Waals surface area contributed by atoms with Gasteiger partial charge < -0.3 is 10.1 Å². The first-order valence-corrected chi connectivity index (χ1v) is 9.69. The molecule has 2 heterocycles. The molecule has 29 heavy (non-hydrogen) atoms. The van der Waals surface area contributed by atoms with Crippen LogP contribution in [0.25, 0.3) is 0 Å². The summed E-state index contributed by atoms with van der Waals surface area (Å²) in [6, 6.07) is 30.4. The molecule has 4 nitrogen and oxygen atoms in total. The van der Waals surface area contributed by atoms with E-state index in [2.05, 4.69) is 57.7 Å². The van der Waals surface area contributed by atoms with Gasteiger partial charge in [0.15, 0.2) is 0 Å². The molecule has 0 aliphatic heterocycles. The highest BCUT2D eigenvalue weighted by atomic mass is 16.5. The van der Waals surface area contributed by atoms with E-state index in [4.69, 9.17) is 4.74 Å². The van der Waals surface area contributed by atoms with Gasteiger partial charge in [-0.15, -0.1) is 0 Å². The number of nitrogens with zero attached hydrogens (tertiary/aromatic N) is 2. The molecule has 2 aromatic heterocycles. The zero-order valence-corrected chi connectivity index (χ0v) is 16.1. The number of benzene rings is 2. The lowest BCUT2D eigenvalue weighted by atomic mass is 10.0. The summed E-state index contributed by atoms with van der Waals surface area (Å²) in [6.45, 7) is 1.16. The Morgan fingerprint density at radius 2 is 1.55 bits per heavy atom. The minimum atomic E-state index is 0.0236. The quantitative estimate of drug-likeness (QED) is 0.470. The van der Waals surface area contributed by atoms with Crippen molar-refractivity contribution in [3.63, 3.8) is 0 Å². The van der Waals surface area contributed by atoms with E-state index in [1.807, 2.05) is 54.7 Å². The fourth-order valence-corrected chi connectivity index (χ4v) is 3.19. The molecule has 0 spiro atoms. The summed E-state index contributed by atoms with van der Waals surface area (Å²) in [5.41, 5.74) is 4.26. The van der Waals surface area contributed by atoms with E-state index < -0.39 is 0 Å². The van der Waals surface area contributed by atoms with E-state index in [9.17, 15) is 0 Å². The number of hydrogen-bond acceptors (Lipinski definition) is 4. The van der Waals surface area contributed by atoms with Crippen molar-refractivity contribution in [2.24, 2.45) is 0 Å². The van der Waals surface area contributed by atoms with Gasteiger partial charge in [0.25, 0.3) is 0 Å². The van der Waals surface area contributed by atoms with Gasteiger partial charge >= 0.3 is 0 Å². The van der Waals surface area contributed by atoms with Crippen LogP contribution in [0.2, 0.25) is 0 Å². The fraction of sp³-hybridized carbons (Fsp3) is 0.120. The maximum atomic E-state index is 5.91. The second-order valence-electron chi connectivity index (χ2n) is 6.74. The predicted octanol–water partition coefficient (Wildman–Crippen LogP) is 4.93. The molecule has 1 atom stereocenters. The Hall–Kier alpha value is -3.50. The van der Waals surface area contributed by atoms with E-state index in [0.717, 1.165) is 22.7 Å². The third-order valence-electron chi connectivity index (χ3n) is 4.64. The molecular weight excluding hydrogens is 358 g/mol. The second kappa shape index (κ2) is 9.62. The van der Waals surface area contributed by atoms with Crippen LogP contribution in [0.4, 0.5) is 0 Å². The molecule has 2 aromatic carbocycles. The normalized spacial score (nSPS) is 11.7. The summed E-state index contributed by atoms with van der Waals surface area (Å²) >= 11 is 0. The van der Waals surface area contributed by atoms with Crippen LogP contribution in [0.15, 0.2) is 103 Å². The number of rotatable bonds is 8. The minimum absolute atomic E-state index is 0.0236. The number of aromatic nitrogens is 2. The zero-order valence-electron chi connectivity index (χ0n) is 16.1. The number of hydrogen-bond donors (Lipinski definition) is 1. The van der Waals surface area contributed by atoms with Gasteiger partial charge in [-0.25, -0.2) is 0 Å². The molecule has 0 saturated carbocycles. The Morgan fingerprint density at radius 3 is 2.31 bits per heavy atom. The predicted molar refractivity (Wildman–Crippen MR) is 114 cm³/mol. The lowest BCUT2D eigenvalue weighted by Gasteiger charge is -2.19. The SMILES string of the molecule is c1ccc([C@@H](NCc2cccc(OCc3ccccn3)c2)c2ccccn2)cc1. The molecule has 4 aromatic rings. The Kier molecular flexibility index (Phi) is 6.25.